The number of benzene rings is 1. The summed E-state index contributed by atoms with van der Waals surface area (Å²) in [7, 11) is 4.35. The predicted octanol–water partition coefficient (Wildman–Crippen LogP) is 0.0785. The molecule has 19 heavy (non-hydrogen) atoms. The first-order valence-corrected chi connectivity index (χ1v) is 5.40. The molecule has 3 N–H and O–H groups in total. The first-order valence-electron chi connectivity index (χ1n) is 5.40. The summed E-state index contributed by atoms with van der Waals surface area (Å²) in [6, 6.07) is 3.22. The number of ether oxygens (including phenoxy) is 2. The van der Waals surface area contributed by atoms with E-state index in [-0.39, 0.29) is 0 Å². The van der Waals surface area contributed by atoms with Crippen LogP contribution in [0, 0.1) is 0 Å². The number of anilines is 1. The summed E-state index contributed by atoms with van der Waals surface area (Å²) in [5.41, 5.74) is 5.68. The third-order valence-corrected chi connectivity index (χ3v) is 2.61. The minimum Gasteiger partial charge on any atom is -0.497 e. The molecule has 0 bridgehead atoms. The van der Waals surface area contributed by atoms with Gasteiger partial charge in [0.1, 0.15) is 11.5 Å². The standard InChI is InChI=1S/C12H16N2O5/c1-14(11(15)10(13)12(16)17)8-6-7(18-2)4-5-9(8)19-3/h4-6,10H,13H2,1-3H3,(H,16,17). The highest BCUT2D eigenvalue weighted by Gasteiger charge is 2.27. The number of rotatable bonds is 5. The van der Waals surface area contributed by atoms with Crippen LogP contribution in [-0.2, 0) is 9.59 Å². The van der Waals surface area contributed by atoms with Gasteiger partial charge in [0.2, 0.25) is 0 Å². The molecule has 0 aromatic heterocycles. The summed E-state index contributed by atoms with van der Waals surface area (Å²) >= 11 is 0. The van der Waals surface area contributed by atoms with Gasteiger partial charge in [-0.1, -0.05) is 0 Å². The van der Waals surface area contributed by atoms with Gasteiger partial charge in [-0.3, -0.25) is 4.79 Å². The van der Waals surface area contributed by atoms with E-state index in [2.05, 4.69) is 0 Å². The van der Waals surface area contributed by atoms with Gasteiger partial charge in [0, 0.05) is 13.1 Å². The van der Waals surface area contributed by atoms with E-state index >= 15 is 0 Å². The Hall–Kier alpha value is -2.28. The fourth-order valence-corrected chi connectivity index (χ4v) is 1.49. The minimum atomic E-state index is -1.62. The maximum absolute atomic E-state index is 11.9. The molecular formula is C12H16N2O5. The molecule has 7 nitrogen and oxygen atoms in total. The molecule has 1 aromatic rings. The summed E-state index contributed by atoms with van der Waals surface area (Å²) < 4.78 is 10.2. The normalized spacial score (nSPS) is 11.6. The fourth-order valence-electron chi connectivity index (χ4n) is 1.49. The molecule has 0 aliphatic rings. The van der Waals surface area contributed by atoms with E-state index in [9.17, 15) is 9.59 Å². The SMILES string of the molecule is COc1ccc(OC)c(N(C)C(=O)C(N)C(=O)O)c1. The number of carboxylic acid groups (broad SMARTS) is 1. The molecular weight excluding hydrogens is 252 g/mol. The molecule has 0 saturated carbocycles. The van der Waals surface area contributed by atoms with Crippen LogP contribution < -0.4 is 20.1 Å². The van der Waals surface area contributed by atoms with E-state index in [0.717, 1.165) is 4.90 Å². The number of likely N-dealkylation sites (N-methyl/N-ethyl adjacent to an activating group) is 1. The van der Waals surface area contributed by atoms with Gasteiger partial charge in [0.25, 0.3) is 5.91 Å². The molecule has 104 valence electrons. The number of carboxylic acids is 1. The van der Waals surface area contributed by atoms with Crippen molar-refractivity contribution in [3.63, 3.8) is 0 Å². The lowest BCUT2D eigenvalue weighted by atomic mass is 10.2. The Balaban J connectivity index is 3.13. The zero-order valence-corrected chi connectivity index (χ0v) is 10.9. The van der Waals surface area contributed by atoms with E-state index in [0.29, 0.717) is 17.2 Å². The van der Waals surface area contributed by atoms with Crippen molar-refractivity contribution in [3.8, 4) is 11.5 Å². The number of carbonyl (C=O) groups excluding carboxylic acids is 1. The van der Waals surface area contributed by atoms with Crippen LogP contribution in [0.4, 0.5) is 5.69 Å². The van der Waals surface area contributed by atoms with Crippen LogP contribution in [0.3, 0.4) is 0 Å². The number of hydrogen-bond acceptors (Lipinski definition) is 5. The van der Waals surface area contributed by atoms with E-state index in [1.54, 1.807) is 18.2 Å². The molecule has 1 unspecified atom stereocenters. The quantitative estimate of drug-likeness (QED) is 0.733. The van der Waals surface area contributed by atoms with Gasteiger partial charge in [-0.2, -0.15) is 0 Å². The van der Waals surface area contributed by atoms with Crippen molar-refractivity contribution in [2.75, 3.05) is 26.2 Å². The van der Waals surface area contributed by atoms with Crippen molar-refractivity contribution < 1.29 is 24.2 Å². The van der Waals surface area contributed by atoms with E-state index in [1.165, 1.54) is 21.3 Å². The summed E-state index contributed by atoms with van der Waals surface area (Å²) in [5.74, 6) is -1.22. The number of aliphatic carboxylic acids is 1. The van der Waals surface area contributed by atoms with Crippen LogP contribution in [0.2, 0.25) is 0 Å². The average Bonchev–Trinajstić information content (AvgIpc) is 2.43. The molecule has 1 aromatic carbocycles. The largest absolute Gasteiger partial charge is 0.497 e. The zero-order chi connectivity index (χ0) is 14.6. The monoisotopic (exact) mass is 268 g/mol. The Morgan fingerprint density at radius 3 is 2.42 bits per heavy atom. The molecule has 7 heteroatoms. The molecule has 0 spiro atoms. The molecule has 0 fully saturated rings. The third kappa shape index (κ3) is 3.14. The highest BCUT2D eigenvalue weighted by atomic mass is 16.5. The number of carbonyl (C=O) groups is 2. The topological polar surface area (TPSA) is 102 Å². The summed E-state index contributed by atoms with van der Waals surface area (Å²) in [6.07, 6.45) is 0. The first-order chi connectivity index (χ1) is 8.92. The highest BCUT2D eigenvalue weighted by molar-refractivity contribution is 6.09. The van der Waals surface area contributed by atoms with Crippen LogP contribution in [-0.4, -0.2) is 44.3 Å². The second-order valence-electron chi connectivity index (χ2n) is 3.75. The van der Waals surface area contributed by atoms with Gasteiger partial charge in [0.15, 0.2) is 6.04 Å². The van der Waals surface area contributed by atoms with Crippen molar-refractivity contribution in [1.29, 1.82) is 0 Å². The van der Waals surface area contributed by atoms with Gasteiger partial charge >= 0.3 is 5.97 Å². The van der Waals surface area contributed by atoms with Crippen molar-refractivity contribution in [2.24, 2.45) is 5.73 Å². The Morgan fingerprint density at radius 2 is 1.95 bits per heavy atom. The lowest BCUT2D eigenvalue weighted by Gasteiger charge is -2.22. The minimum absolute atomic E-state index is 0.378. The van der Waals surface area contributed by atoms with Gasteiger partial charge in [0.05, 0.1) is 19.9 Å². The Bertz CT molecular complexity index is 489. The second kappa shape index (κ2) is 6.05. The van der Waals surface area contributed by atoms with Crippen LogP contribution in [0.1, 0.15) is 0 Å². The maximum atomic E-state index is 11.9. The Morgan fingerprint density at radius 1 is 1.32 bits per heavy atom. The average molecular weight is 268 g/mol. The van der Waals surface area contributed by atoms with Crippen LogP contribution >= 0.6 is 0 Å². The van der Waals surface area contributed by atoms with Gasteiger partial charge in [-0.25, -0.2) is 4.79 Å². The molecule has 0 heterocycles. The molecule has 0 aliphatic heterocycles. The summed E-state index contributed by atoms with van der Waals surface area (Å²) in [4.78, 5) is 23.7. The Kier molecular flexibility index (Phi) is 4.71. The van der Waals surface area contributed by atoms with Crippen LogP contribution in [0.25, 0.3) is 0 Å². The first kappa shape index (κ1) is 14.8. The predicted molar refractivity (Wildman–Crippen MR) is 68.6 cm³/mol. The molecule has 1 amide bonds. The van der Waals surface area contributed by atoms with Crippen LogP contribution in [0.5, 0.6) is 11.5 Å². The number of amides is 1. The van der Waals surface area contributed by atoms with Gasteiger partial charge < -0.3 is 25.2 Å². The fraction of sp³-hybridized carbons (Fsp3) is 0.333. The lowest BCUT2D eigenvalue weighted by molar-refractivity contribution is -0.142. The molecule has 1 atom stereocenters. The number of hydrogen-bond donors (Lipinski definition) is 2. The summed E-state index contributed by atoms with van der Waals surface area (Å²) in [5, 5.41) is 8.75. The number of nitrogens with two attached hydrogens (primary N) is 1. The van der Waals surface area contributed by atoms with E-state index in [1.807, 2.05) is 0 Å². The second-order valence-corrected chi connectivity index (χ2v) is 3.75. The number of nitrogens with zero attached hydrogens (tertiary/aromatic N) is 1. The van der Waals surface area contributed by atoms with Crippen LogP contribution in [0.15, 0.2) is 18.2 Å². The van der Waals surface area contributed by atoms with Crippen molar-refractivity contribution in [1.82, 2.24) is 0 Å². The maximum Gasteiger partial charge on any atom is 0.330 e. The van der Waals surface area contributed by atoms with E-state index in [4.69, 9.17) is 20.3 Å². The Labute approximate surface area is 110 Å². The third-order valence-electron chi connectivity index (χ3n) is 2.61. The highest BCUT2D eigenvalue weighted by Crippen LogP contribution is 2.31. The van der Waals surface area contributed by atoms with Gasteiger partial charge in [-0.05, 0) is 12.1 Å². The smallest absolute Gasteiger partial charge is 0.330 e. The molecule has 0 aliphatic carbocycles. The number of methoxy groups -OCH3 is 2. The van der Waals surface area contributed by atoms with Gasteiger partial charge in [-0.15, -0.1) is 0 Å². The lowest BCUT2D eigenvalue weighted by Crippen LogP contribution is -2.47. The van der Waals surface area contributed by atoms with E-state index < -0.39 is 17.9 Å². The molecule has 0 saturated heterocycles. The summed E-state index contributed by atoms with van der Waals surface area (Å²) in [6.45, 7) is 0. The molecule has 0 radical (unpaired) electrons. The molecule has 1 rings (SSSR count). The van der Waals surface area contributed by atoms with Crippen molar-refractivity contribution in [2.45, 2.75) is 6.04 Å². The zero-order valence-electron chi connectivity index (χ0n) is 10.9. The van der Waals surface area contributed by atoms with Crippen molar-refractivity contribution >= 4 is 17.6 Å². The van der Waals surface area contributed by atoms with Crippen molar-refractivity contribution in [3.05, 3.63) is 18.2 Å².